The second-order valence-electron chi connectivity index (χ2n) is 7.30. The Morgan fingerprint density at radius 1 is 1.07 bits per heavy atom. The van der Waals surface area contributed by atoms with Crippen molar-refractivity contribution in [2.45, 2.75) is 25.2 Å². The van der Waals surface area contributed by atoms with Crippen LogP contribution in [0.25, 0.3) is 0 Å². The topological polar surface area (TPSA) is 75.4 Å². The molecule has 3 N–H and O–H groups in total. The SMILES string of the molecule is CC(CN1CCCC1)(C(N)=O)c1ccc(NC(=O)[CH]c2ccccc2)cc1. The molecule has 141 valence electrons. The molecule has 0 bridgehead atoms. The van der Waals surface area contributed by atoms with E-state index in [9.17, 15) is 9.59 Å². The highest BCUT2D eigenvalue weighted by Gasteiger charge is 2.35. The van der Waals surface area contributed by atoms with Crippen molar-refractivity contribution in [3.63, 3.8) is 0 Å². The van der Waals surface area contributed by atoms with Gasteiger partial charge in [-0.3, -0.25) is 9.59 Å². The Morgan fingerprint density at radius 3 is 2.30 bits per heavy atom. The molecule has 0 saturated carbocycles. The number of hydrogen-bond donors (Lipinski definition) is 2. The zero-order valence-electron chi connectivity index (χ0n) is 15.7. The zero-order chi connectivity index (χ0) is 19.3. The van der Waals surface area contributed by atoms with Crippen LogP contribution in [0.15, 0.2) is 54.6 Å². The van der Waals surface area contributed by atoms with Crippen LogP contribution in [0.2, 0.25) is 0 Å². The van der Waals surface area contributed by atoms with Gasteiger partial charge in [0.15, 0.2) is 0 Å². The number of hydrogen-bond acceptors (Lipinski definition) is 3. The molecule has 1 atom stereocenters. The van der Waals surface area contributed by atoms with E-state index in [2.05, 4.69) is 10.2 Å². The first-order valence-electron chi connectivity index (χ1n) is 9.31. The maximum absolute atomic E-state index is 12.2. The van der Waals surface area contributed by atoms with Gasteiger partial charge in [-0.25, -0.2) is 0 Å². The molecule has 0 aromatic heterocycles. The van der Waals surface area contributed by atoms with E-state index in [4.69, 9.17) is 5.73 Å². The van der Waals surface area contributed by atoms with Crippen molar-refractivity contribution in [2.75, 3.05) is 25.0 Å². The van der Waals surface area contributed by atoms with Gasteiger partial charge >= 0.3 is 0 Å². The summed E-state index contributed by atoms with van der Waals surface area (Å²) < 4.78 is 0. The Hall–Kier alpha value is -2.66. The second kappa shape index (κ2) is 8.35. The third-order valence-electron chi connectivity index (χ3n) is 5.17. The Balaban J connectivity index is 1.67. The molecule has 1 unspecified atom stereocenters. The molecule has 2 amide bonds. The maximum Gasteiger partial charge on any atom is 0.233 e. The van der Waals surface area contributed by atoms with Gasteiger partial charge in [-0.1, -0.05) is 42.5 Å². The summed E-state index contributed by atoms with van der Waals surface area (Å²) in [5.74, 6) is -0.521. The van der Waals surface area contributed by atoms with E-state index < -0.39 is 5.41 Å². The molecule has 1 heterocycles. The van der Waals surface area contributed by atoms with E-state index in [1.807, 2.05) is 61.5 Å². The molecule has 1 saturated heterocycles. The number of nitrogens with two attached hydrogens (primary N) is 1. The quantitative estimate of drug-likeness (QED) is 0.793. The average molecular weight is 364 g/mol. The number of likely N-dealkylation sites (tertiary alicyclic amines) is 1. The van der Waals surface area contributed by atoms with E-state index in [0.29, 0.717) is 12.2 Å². The number of nitrogens with one attached hydrogen (secondary N) is 1. The van der Waals surface area contributed by atoms with Crippen molar-refractivity contribution < 1.29 is 9.59 Å². The lowest BCUT2D eigenvalue weighted by Gasteiger charge is -2.31. The van der Waals surface area contributed by atoms with Gasteiger partial charge in [0.05, 0.1) is 11.8 Å². The molecule has 5 heteroatoms. The fourth-order valence-electron chi connectivity index (χ4n) is 3.50. The van der Waals surface area contributed by atoms with Crippen LogP contribution in [0.5, 0.6) is 0 Å². The lowest BCUT2D eigenvalue weighted by molar-refractivity contribution is -0.123. The van der Waals surface area contributed by atoms with E-state index in [1.165, 1.54) is 0 Å². The van der Waals surface area contributed by atoms with E-state index in [0.717, 1.165) is 37.1 Å². The minimum Gasteiger partial charge on any atom is -0.369 e. The first kappa shape index (κ1) is 19.1. The number of nitrogens with zero attached hydrogens (tertiary/aromatic N) is 1. The summed E-state index contributed by atoms with van der Waals surface area (Å²) in [5, 5.41) is 2.85. The van der Waals surface area contributed by atoms with Gasteiger partial charge in [0.25, 0.3) is 0 Å². The standard InChI is InChI=1S/C22H26N3O2/c1-22(21(23)27,16-25-13-5-6-14-25)18-9-11-19(12-10-18)24-20(26)15-17-7-3-2-4-8-17/h2-4,7-12,15H,5-6,13-14,16H2,1H3,(H2,23,27)(H,24,26). The molecule has 2 aromatic rings. The lowest BCUT2D eigenvalue weighted by atomic mass is 9.81. The molecule has 5 nitrogen and oxygen atoms in total. The van der Waals surface area contributed by atoms with Gasteiger partial charge in [0.2, 0.25) is 11.8 Å². The normalized spacial score (nSPS) is 16.6. The largest absolute Gasteiger partial charge is 0.369 e. The van der Waals surface area contributed by atoms with Crippen LogP contribution in [-0.2, 0) is 15.0 Å². The highest BCUT2D eigenvalue weighted by Crippen LogP contribution is 2.28. The van der Waals surface area contributed by atoms with Crippen molar-refractivity contribution in [3.05, 3.63) is 72.1 Å². The van der Waals surface area contributed by atoms with Crippen molar-refractivity contribution in [1.29, 1.82) is 0 Å². The molecule has 0 spiro atoms. The van der Waals surface area contributed by atoms with Gasteiger partial charge in [-0.2, -0.15) is 0 Å². The minimum absolute atomic E-state index is 0.191. The molecule has 3 rings (SSSR count). The van der Waals surface area contributed by atoms with Gasteiger partial charge in [-0.05, 0) is 56.1 Å². The van der Waals surface area contributed by atoms with E-state index in [1.54, 1.807) is 6.42 Å². The number of amides is 2. The summed E-state index contributed by atoms with van der Waals surface area (Å²) in [7, 11) is 0. The first-order chi connectivity index (χ1) is 13.0. The van der Waals surface area contributed by atoms with Crippen LogP contribution < -0.4 is 11.1 Å². The molecular formula is C22H26N3O2. The van der Waals surface area contributed by atoms with Gasteiger partial charge in [0.1, 0.15) is 0 Å². The van der Waals surface area contributed by atoms with Gasteiger partial charge in [-0.15, -0.1) is 0 Å². The summed E-state index contributed by atoms with van der Waals surface area (Å²) in [4.78, 5) is 26.6. The molecule has 1 aliphatic heterocycles. The number of rotatable bonds is 7. The summed E-state index contributed by atoms with van der Waals surface area (Å²) in [6.45, 7) is 4.53. The number of benzene rings is 2. The van der Waals surface area contributed by atoms with Crippen molar-refractivity contribution >= 4 is 17.5 Å². The monoisotopic (exact) mass is 364 g/mol. The highest BCUT2D eigenvalue weighted by atomic mass is 16.2. The summed E-state index contributed by atoms with van der Waals surface area (Å²) in [6.07, 6.45) is 3.88. The number of carbonyl (C=O) groups is 2. The minimum atomic E-state index is -0.747. The Labute approximate surface area is 160 Å². The van der Waals surface area contributed by atoms with Crippen LogP contribution in [0.1, 0.15) is 30.9 Å². The van der Waals surface area contributed by atoms with Crippen molar-refractivity contribution in [2.24, 2.45) is 5.73 Å². The second-order valence-corrected chi connectivity index (χ2v) is 7.30. The fourth-order valence-corrected chi connectivity index (χ4v) is 3.50. The summed E-state index contributed by atoms with van der Waals surface area (Å²) >= 11 is 0. The molecule has 27 heavy (non-hydrogen) atoms. The first-order valence-corrected chi connectivity index (χ1v) is 9.31. The molecular weight excluding hydrogens is 338 g/mol. The number of anilines is 1. The van der Waals surface area contributed by atoms with E-state index >= 15 is 0 Å². The van der Waals surface area contributed by atoms with Gasteiger partial charge < -0.3 is 16.0 Å². The summed E-state index contributed by atoms with van der Waals surface area (Å²) in [6, 6.07) is 16.8. The molecule has 1 fully saturated rings. The van der Waals surface area contributed by atoms with Crippen LogP contribution in [-0.4, -0.2) is 36.3 Å². The fraction of sp³-hybridized carbons (Fsp3) is 0.318. The van der Waals surface area contributed by atoms with Crippen LogP contribution in [0.3, 0.4) is 0 Å². The Kier molecular flexibility index (Phi) is 5.91. The molecule has 1 radical (unpaired) electrons. The molecule has 0 aliphatic carbocycles. The van der Waals surface area contributed by atoms with E-state index in [-0.39, 0.29) is 11.8 Å². The molecule has 1 aliphatic rings. The number of carbonyl (C=O) groups excluding carboxylic acids is 2. The summed E-state index contributed by atoms with van der Waals surface area (Å²) in [5.41, 5.74) is 7.40. The predicted molar refractivity (Wildman–Crippen MR) is 107 cm³/mol. The van der Waals surface area contributed by atoms with Crippen LogP contribution in [0, 0.1) is 6.42 Å². The smallest absolute Gasteiger partial charge is 0.233 e. The van der Waals surface area contributed by atoms with Crippen LogP contribution >= 0.6 is 0 Å². The third-order valence-corrected chi connectivity index (χ3v) is 5.17. The third kappa shape index (κ3) is 4.74. The van der Waals surface area contributed by atoms with Gasteiger partial charge in [0, 0.05) is 12.2 Å². The Morgan fingerprint density at radius 2 is 1.70 bits per heavy atom. The lowest BCUT2D eigenvalue weighted by Crippen LogP contribution is -2.47. The van der Waals surface area contributed by atoms with Crippen molar-refractivity contribution in [3.8, 4) is 0 Å². The number of primary amides is 1. The van der Waals surface area contributed by atoms with Crippen LogP contribution in [0.4, 0.5) is 5.69 Å². The highest BCUT2D eigenvalue weighted by molar-refractivity contribution is 5.99. The Bertz CT molecular complexity index is 783. The average Bonchev–Trinajstić information content (AvgIpc) is 3.15. The zero-order valence-corrected chi connectivity index (χ0v) is 15.7. The molecule has 2 aromatic carbocycles. The maximum atomic E-state index is 12.2. The predicted octanol–water partition coefficient (Wildman–Crippen LogP) is 2.72. The van der Waals surface area contributed by atoms with Crippen molar-refractivity contribution in [1.82, 2.24) is 4.90 Å².